The summed E-state index contributed by atoms with van der Waals surface area (Å²) in [5, 5.41) is 2.80. The number of carbonyl (C=O) groups excluding carboxylic acids is 1. The number of benzene rings is 2. The van der Waals surface area contributed by atoms with Crippen molar-refractivity contribution in [2.24, 2.45) is 0 Å². The van der Waals surface area contributed by atoms with E-state index < -0.39 is 15.9 Å². The number of aromatic amines is 1. The van der Waals surface area contributed by atoms with Crippen LogP contribution in [0.15, 0.2) is 69.4 Å². The highest BCUT2D eigenvalue weighted by atomic mass is 32.2. The maximum Gasteiger partial charge on any atom is 0.272 e. The number of aromatic nitrogens is 1. The number of hydrogen-bond donors (Lipinski definition) is 2. The zero-order chi connectivity index (χ0) is 22.7. The molecule has 168 valence electrons. The first-order valence-corrected chi connectivity index (χ1v) is 12.5. The highest BCUT2D eigenvalue weighted by Gasteiger charge is 2.28. The van der Waals surface area contributed by atoms with E-state index in [0.29, 0.717) is 32.0 Å². The first kappa shape index (κ1) is 22.6. The van der Waals surface area contributed by atoms with Crippen LogP contribution in [0.4, 0.5) is 5.69 Å². The summed E-state index contributed by atoms with van der Waals surface area (Å²) in [7, 11) is -3.65. The SMILES string of the molecule is Cc1ccc(Sc2ccc(NC(=O)c3cc(S(=O)(=O)N4CCOCC4)c[nH]3)cc2)cc1C. The third-order valence-corrected chi connectivity index (χ3v) is 8.21. The van der Waals surface area contributed by atoms with Gasteiger partial charge < -0.3 is 15.0 Å². The molecule has 2 aromatic carbocycles. The van der Waals surface area contributed by atoms with Crippen LogP contribution in [0.2, 0.25) is 0 Å². The van der Waals surface area contributed by atoms with Gasteiger partial charge in [-0.15, -0.1) is 0 Å². The van der Waals surface area contributed by atoms with Crippen LogP contribution < -0.4 is 5.32 Å². The summed E-state index contributed by atoms with van der Waals surface area (Å²) in [4.78, 5) is 17.7. The maximum absolute atomic E-state index is 12.7. The Morgan fingerprint density at radius 1 is 1.00 bits per heavy atom. The third kappa shape index (κ3) is 5.07. The Bertz CT molecular complexity index is 1210. The van der Waals surface area contributed by atoms with Gasteiger partial charge in [0, 0.05) is 34.8 Å². The number of nitrogens with one attached hydrogen (secondary N) is 2. The summed E-state index contributed by atoms with van der Waals surface area (Å²) in [6.45, 7) is 5.54. The Morgan fingerprint density at radius 2 is 1.69 bits per heavy atom. The van der Waals surface area contributed by atoms with Gasteiger partial charge in [0.05, 0.1) is 13.2 Å². The Labute approximate surface area is 192 Å². The van der Waals surface area contributed by atoms with Crippen LogP contribution in [-0.2, 0) is 14.8 Å². The molecule has 1 aliphatic heterocycles. The van der Waals surface area contributed by atoms with E-state index in [1.807, 2.05) is 24.3 Å². The number of hydrogen-bond acceptors (Lipinski definition) is 5. The number of nitrogens with zero attached hydrogens (tertiary/aromatic N) is 1. The smallest absolute Gasteiger partial charge is 0.272 e. The molecule has 2 N–H and O–H groups in total. The van der Waals surface area contributed by atoms with Crippen LogP contribution in [0.1, 0.15) is 21.6 Å². The Hall–Kier alpha value is -2.59. The molecule has 0 saturated carbocycles. The third-order valence-electron chi connectivity index (χ3n) is 5.34. The van der Waals surface area contributed by atoms with Crippen molar-refractivity contribution in [2.45, 2.75) is 28.5 Å². The first-order chi connectivity index (χ1) is 15.3. The van der Waals surface area contributed by atoms with Crippen molar-refractivity contribution >= 4 is 33.4 Å². The molecule has 1 fully saturated rings. The van der Waals surface area contributed by atoms with Crippen LogP contribution in [0, 0.1) is 13.8 Å². The van der Waals surface area contributed by atoms with E-state index >= 15 is 0 Å². The van der Waals surface area contributed by atoms with Crippen molar-refractivity contribution < 1.29 is 17.9 Å². The van der Waals surface area contributed by atoms with Crippen LogP contribution in [0.5, 0.6) is 0 Å². The molecule has 1 aliphatic rings. The molecule has 0 aliphatic carbocycles. The van der Waals surface area contributed by atoms with Crippen LogP contribution in [0.25, 0.3) is 0 Å². The zero-order valence-electron chi connectivity index (χ0n) is 17.9. The van der Waals surface area contributed by atoms with Crippen molar-refractivity contribution in [1.29, 1.82) is 0 Å². The molecule has 1 amide bonds. The molecule has 0 spiro atoms. The minimum absolute atomic E-state index is 0.0738. The van der Waals surface area contributed by atoms with Gasteiger partial charge in [0.1, 0.15) is 10.6 Å². The molecule has 0 bridgehead atoms. The second-order valence-corrected chi connectivity index (χ2v) is 10.7. The van der Waals surface area contributed by atoms with Crippen molar-refractivity contribution in [1.82, 2.24) is 9.29 Å². The van der Waals surface area contributed by atoms with Gasteiger partial charge in [-0.05, 0) is 67.4 Å². The van der Waals surface area contributed by atoms with E-state index in [4.69, 9.17) is 4.74 Å². The van der Waals surface area contributed by atoms with Gasteiger partial charge in [0.25, 0.3) is 5.91 Å². The van der Waals surface area contributed by atoms with Crippen LogP contribution in [0.3, 0.4) is 0 Å². The number of amides is 1. The van der Waals surface area contributed by atoms with Gasteiger partial charge in [-0.25, -0.2) is 8.42 Å². The van der Waals surface area contributed by atoms with Gasteiger partial charge in [0.15, 0.2) is 0 Å². The summed E-state index contributed by atoms with van der Waals surface area (Å²) < 4.78 is 32.0. The zero-order valence-corrected chi connectivity index (χ0v) is 19.6. The van der Waals surface area contributed by atoms with Gasteiger partial charge in [-0.3, -0.25) is 4.79 Å². The second kappa shape index (κ2) is 9.50. The van der Waals surface area contributed by atoms with E-state index in [0.717, 1.165) is 9.79 Å². The normalized spacial score (nSPS) is 14.9. The monoisotopic (exact) mass is 471 g/mol. The highest BCUT2D eigenvalue weighted by molar-refractivity contribution is 7.99. The molecular weight excluding hydrogens is 446 g/mol. The van der Waals surface area contributed by atoms with Crippen LogP contribution in [-0.4, -0.2) is 49.9 Å². The fraction of sp³-hybridized carbons (Fsp3) is 0.261. The summed E-state index contributed by atoms with van der Waals surface area (Å²) in [5.74, 6) is -0.400. The lowest BCUT2D eigenvalue weighted by molar-refractivity contribution is 0.0730. The predicted octanol–water partition coefficient (Wildman–Crippen LogP) is 4.06. The first-order valence-electron chi connectivity index (χ1n) is 10.3. The molecule has 0 unspecified atom stereocenters. The van der Waals surface area contributed by atoms with Crippen molar-refractivity contribution in [3.63, 3.8) is 0 Å². The Kier molecular flexibility index (Phi) is 6.71. The summed E-state index contributed by atoms with van der Waals surface area (Å²) in [6.07, 6.45) is 1.35. The molecule has 3 aromatic rings. The average molecular weight is 472 g/mol. The standard InChI is InChI=1S/C23H25N3O4S2/c1-16-3-6-20(13-17(16)2)31-19-7-4-18(5-8-19)25-23(27)22-14-21(15-24-22)32(28,29)26-9-11-30-12-10-26/h3-8,13-15,24H,9-12H2,1-2H3,(H,25,27). The lowest BCUT2D eigenvalue weighted by atomic mass is 10.1. The molecule has 0 atom stereocenters. The van der Waals surface area contributed by atoms with Gasteiger partial charge in [0.2, 0.25) is 10.0 Å². The number of rotatable bonds is 6. The van der Waals surface area contributed by atoms with Crippen molar-refractivity contribution in [3.05, 3.63) is 71.5 Å². The van der Waals surface area contributed by atoms with E-state index in [1.54, 1.807) is 11.8 Å². The number of morpholine rings is 1. The number of ether oxygens (including phenoxy) is 1. The Morgan fingerprint density at radius 3 is 2.38 bits per heavy atom. The number of H-pyrrole nitrogens is 1. The van der Waals surface area contributed by atoms with Crippen molar-refractivity contribution in [2.75, 3.05) is 31.6 Å². The molecule has 1 saturated heterocycles. The predicted molar refractivity (Wildman–Crippen MR) is 125 cm³/mol. The molecule has 2 heterocycles. The quantitative estimate of drug-likeness (QED) is 0.566. The molecule has 4 rings (SSSR count). The summed E-state index contributed by atoms with van der Waals surface area (Å²) in [5.41, 5.74) is 3.33. The van der Waals surface area contributed by atoms with E-state index in [-0.39, 0.29) is 10.6 Å². The van der Waals surface area contributed by atoms with Gasteiger partial charge in [-0.1, -0.05) is 17.8 Å². The van der Waals surface area contributed by atoms with Gasteiger partial charge >= 0.3 is 0 Å². The summed E-state index contributed by atoms with van der Waals surface area (Å²) >= 11 is 1.65. The van der Waals surface area contributed by atoms with E-state index in [1.165, 1.54) is 27.7 Å². The molecule has 7 nitrogen and oxygen atoms in total. The topological polar surface area (TPSA) is 91.5 Å². The summed E-state index contributed by atoms with van der Waals surface area (Å²) in [6, 6.07) is 15.3. The van der Waals surface area contributed by atoms with Gasteiger partial charge in [-0.2, -0.15) is 4.31 Å². The number of carbonyl (C=O) groups is 1. The lowest BCUT2D eigenvalue weighted by Crippen LogP contribution is -2.40. The molecule has 1 aromatic heterocycles. The van der Waals surface area contributed by atoms with Crippen LogP contribution >= 0.6 is 11.8 Å². The van der Waals surface area contributed by atoms with Crippen molar-refractivity contribution in [3.8, 4) is 0 Å². The molecular formula is C23H25N3O4S2. The highest BCUT2D eigenvalue weighted by Crippen LogP contribution is 2.30. The fourth-order valence-electron chi connectivity index (χ4n) is 3.31. The van der Waals surface area contributed by atoms with E-state index in [9.17, 15) is 13.2 Å². The molecule has 0 radical (unpaired) electrons. The molecule has 32 heavy (non-hydrogen) atoms. The molecule has 9 heteroatoms. The minimum Gasteiger partial charge on any atom is -0.379 e. The number of anilines is 1. The number of aryl methyl sites for hydroxylation is 2. The second-order valence-electron chi connectivity index (χ2n) is 7.59. The lowest BCUT2D eigenvalue weighted by Gasteiger charge is -2.25. The van der Waals surface area contributed by atoms with E-state index in [2.05, 4.69) is 42.3 Å². The number of sulfonamides is 1. The fourth-order valence-corrected chi connectivity index (χ4v) is 5.63. The minimum atomic E-state index is -3.65. The average Bonchev–Trinajstić information content (AvgIpc) is 3.30. The Balaban J connectivity index is 1.40. The largest absolute Gasteiger partial charge is 0.379 e. The maximum atomic E-state index is 12.7.